The second kappa shape index (κ2) is 9.59. The van der Waals surface area contributed by atoms with Crippen molar-refractivity contribution in [1.29, 1.82) is 5.26 Å². The summed E-state index contributed by atoms with van der Waals surface area (Å²) in [4.78, 5) is 26.9. The van der Waals surface area contributed by atoms with Gasteiger partial charge in [0, 0.05) is 0 Å². The Morgan fingerprint density at radius 1 is 1.04 bits per heavy atom. The van der Waals surface area contributed by atoms with Crippen LogP contribution in [-0.2, 0) is 16.0 Å². The van der Waals surface area contributed by atoms with E-state index in [0.29, 0.717) is 11.3 Å². The van der Waals surface area contributed by atoms with Gasteiger partial charge in [-0.1, -0.05) is 31.2 Å². The van der Waals surface area contributed by atoms with Crippen LogP contribution in [-0.4, -0.2) is 12.2 Å². The minimum absolute atomic E-state index is 0.457. The summed E-state index contributed by atoms with van der Waals surface area (Å²) in [6, 6.07) is 14.3. The minimum atomic E-state index is 0.457. The Hall–Kier alpha value is -3.31. The molecule has 0 atom stereocenters. The topological polar surface area (TPSA) is 82.7 Å². The maximum absolute atomic E-state index is 10.1. The van der Waals surface area contributed by atoms with Gasteiger partial charge in [0.1, 0.15) is 0 Å². The lowest BCUT2D eigenvalue weighted by Gasteiger charge is -2.03. The van der Waals surface area contributed by atoms with Crippen LogP contribution in [0.1, 0.15) is 23.6 Å². The maximum Gasteiger partial charge on any atom is 0.240 e. The zero-order chi connectivity index (χ0) is 17.1. The van der Waals surface area contributed by atoms with E-state index in [1.165, 1.54) is 12.1 Å². The second-order valence-electron chi connectivity index (χ2n) is 4.50. The first kappa shape index (κ1) is 17.7. The van der Waals surface area contributed by atoms with Crippen molar-refractivity contribution in [3.05, 3.63) is 59.2 Å². The van der Waals surface area contributed by atoms with Crippen molar-refractivity contribution in [3.8, 4) is 6.07 Å². The SMILES string of the molecule is CCc1cccc(C)c1N=C=O.N#Cc1cccc(N=C=O)c1. The predicted molar refractivity (Wildman–Crippen MR) is 87.3 cm³/mol. The lowest BCUT2D eigenvalue weighted by molar-refractivity contribution is 0.564. The monoisotopic (exact) mass is 305 g/mol. The Morgan fingerprint density at radius 2 is 1.74 bits per heavy atom. The summed E-state index contributed by atoms with van der Waals surface area (Å²) < 4.78 is 0. The van der Waals surface area contributed by atoms with Crippen molar-refractivity contribution in [2.75, 3.05) is 0 Å². The van der Waals surface area contributed by atoms with Crippen LogP contribution in [0.2, 0.25) is 0 Å². The average Bonchev–Trinajstić information content (AvgIpc) is 2.58. The van der Waals surface area contributed by atoms with Crippen LogP contribution in [0.3, 0.4) is 0 Å². The van der Waals surface area contributed by atoms with E-state index in [9.17, 15) is 9.59 Å². The highest BCUT2D eigenvalue weighted by Gasteiger charge is 2.01. The van der Waals surface area contributed by atoms with Gasteiger partial charge < -0.3 is 0 Å². The maximum atomic E-state index is 10.1. The third-order valence-corrected chi connectivity index (χ3v) is 3.01. The molecule has 0 saturated heterocycles. The summed E-state index contributed by atoms with van der Waals surface area (Å²) in [5, 5.41) is 8.44. The summed E-state index contributed by atoms with van der Waals surface area (Å²) in [5.41, 5.74) is 3.84. The third-order valence-electron chi connectivity index (χ3n) is 3.01. The number of aliphatic imine (C=N–C) groups is 2. The Morgan fingerprint density at radius 3 is 2.35 bits per heavy atom. The zero-order valence-electron chi connectivity index (χ0n) is 12.9. The predicted octanol–water partition coefficient (Wildman–Crippen LogP) is 4.05. The number of para-hydroxylation sites is 1. The van der Waals surface area contributed by atoms with Crippen LogP contribution in [0, 0.1) is 18.3 Å². The first-order chi connectivity index (χ1) is 11.2. The van der Waals surface area contributed by atoms with Crippen LogP contribution in [0.4, 0.5) is 11.4 Å². The van der Waals surface area contributed by atoms with Crippen LogP contribution < -0.4 is 0 Å². The van der Waals surface area contributed by atoms with E-state index in [4.69, 9.17) is 5.26 Å². The van der Waals surface area contributed by atoms with Gasteiger partial charge in [-0.15, -0.1) is 0 Å². The number of carbonyl (C=O) groups excluding carboxylic acids is 2. The molecule has 0 radical (unpaired) electrons. The molecule has 0 bridgehead atoms. The number of hydrogen-bond acceptors (Lipinski definition) is 5. The molecule has 5 heteroatoms. The van der Waals surface area contributed by atoms with Crippen LogP contribution in [0.25, 0.3) is 0 Å². The van der Waals surface area contributed by atoms with E-state index in [1.807, 2.05) is 38.1 Å². The van der Waals surface area contributed by atoms with E-state index in [-0.39, 0.29) is 0 Å². The zero-order valence-corrected chi connectivity index (χ0v) is 12.9. The van der Waals surface area contributed by atoms with Crippen molar-refractivity contribution >= 4 is 23.5 Å². The number of isocyanates is 2. The molecule has 23 heavy (non-hydrogen) atoms. The van der Waals surface area contributed by atoms with E-state index >= 15 is 0 Å². The van der Waals surface area contributed by atoms with Crippen LogP contribution in [0.5, 0.6) is 0 Å². The molecule has 0 amide bonds. The quantitative estimate of drug-likeness (QED) is 0.633. The second-order valence-corrected chi connectivity index (χ2v) is 4.50. The summed E-state index contributed by atoms with van der Waals surface area (Å²) in [5.74, 6) is 0. The van der Waals surface area contributed by atoms with Gasteiger partial charge in [0.05, 0.1) is 23.0 Å². The molecule has 0 fully saturated rings. The Kier molecular flexibility index (Phi) is 7.40. The average molecular weight is 305 g/mol. The molecule has 0 aliphatic carbocycles. The Labute approximate surface area is 134 Å². The molecule has 0 N–H and O–H groups in total. The molecule has 0 heterocycles. The third kappa shape index (κ3) is 5.53. The molecular formula is C18H15N3O2. The fourth-order valence-corrected chi connectivity index (χ4v) is 1.91. The van der Waals surface area contributed by atoms with Gasteiger partial charge in [-0.25, -0.2) is 9.59 Å². The van der Waals surface area contributed by atoms with Crippen molar-refractivity contribution in [2.45, 2.75) is 20.3 Å². The van der Waals surface area contributed by atoms with Gasteiger partial charge in [-0.05, 0) is 42.7 Å². The van der Waals surface area contributed by atoms with E-state index in [1.54, 1.807) is 24.3 Å². The van der Waals surface area contributed by atoms with E-state index in [0.717, 1.165) is 23.2 Å². The molecule has 0 aromatic heterocycles. The lowest BCUT2D eigenvalue weighted by Crippen LogP contribution is -1.83. The number of aryl methyl sites for hydroxylation is 2. The van der Waals surface area contributed by atoms with Gasteiger partial charge in [0.25, 0.3) is 0 Å². The largest absolute Gasteiger partial charge is 0.240 e. The number of hydrogen-bond donors (Lipinski definition) is 0. The van der Waals surface area contributed by atoms with Crippen molar-refractivity contribution in [3.63, 3.8) is 0 Å². The fraction of sp³-hybridized carbons (Fsp3) is 0.167. The lowest BCUT2D eigenvalue weighted by atomic mass is 10.1. The summed E-state index contributed by atoms with van der Waals surface area (Å²) >= 11 is 0. The molecule has 114 valence electrons. The summed E-state index contributed by atoms with van der Waals surface area (Å²) in [7, 11) is 0. The molecule has 0 spiro atoms. The summed E-state index contributed by atoms with van der Waals surface area (Å²) in [6.07, 6.45) is 3.87. The molecule has 5 nitrogen and oxygen atoms in total. The van der Waals surface area contributed by atoms with Crippen molar-refractivity contribution in [1.82, 2.24) is 0 Å². The first-order valence-corrected chi connectivity index (χ1v) is 6.90. The molecule has 2 aromatic rings. The van der Waals surface area contributed by atoms with Crippen molar-refractivity contribution < 1.29 is 9.59 Å². The molecule has 2 rings (SSSR count). The van der Waals surface area contributed by atoms with Gasteiger partial charge in [0.15, 0.2) is 0 Å². The smallest absolute Gasteiger partial charge is 0.211 e. The van der Waals surface area contributed by atoms with E-state index < -0.39 is 0 Å². The Balaban J connectivity index is 0.000000231. The highest BCUT2D eigenvalue weighted by Crippen LogP contribution is 2.23. The molecular weight excluding hydrogens is 290 g/mol. The molecule has 0 aliphatic heterocycles. The van der Waals surface area contributed by atoms with Gasteiger partial charge in [-0.3, -0.25) is 0 Å². The number of nitriles is 1. The van der Waals surface area contributed by atoms with E-state index in [2.05, 4.69) is 9.98 Å². The Bertz CT molecular complexity index is 809. The highest BCUT2D eigenvalue weighted by molar-refractivity contribution is 5.58. The molecule has 2 aromatic carbocycles. The van der Waals surface area contributed by atoms with Gasteiger partial charge in [-0.2, -0.15) is 15.2 Å². The minimum Gasteiger partial charge on any atom is -0.211 e. The molecule has 0 unspecified atom stereocenters. The van der Waals surface area contributed by atoms with Crippen molar-refractivity contribution in [2.24, 2.45) is 9.98 Å². The number of benzene rings is 2. The van der Waals surface area contributed by atoms with Crippen LogP contribution in [0.15, 0.2) is 52.4 Å². The molecule has 0 aliphatic rings. The number of rotatable bonds is 3. The first-order valence-electron chi connectivity index (χ1n) is 6.90. The standard InChI is InChI=1S/C10H11NO.C8H4N2O/c1-3-9-6-4-5-8(2)10(9)11-7-12;9-5-7-2-1-3-8(4-7)10-6-11/h4-6H,3H2,1-2H3;1-4H. The summed E-state index contributed by atoms with van der Waals surface area (Å²) in [6.45, 7) is 3.98. The normalized spacial score (nSPS) is 8.57. The highest BCUT2D eigenvalue weighted by atomic mass is 16.1. The van der Waals surface area contributed by atoms with Gasteiger partial charge in [0.2, 0.25) is 12.2 Å². The van der Waals surface area contributed by atoms with Gasteiger partial charge >= 0.3 is 0 Å². The molecule has 0 saturated carbocycles. The number of nitrogens with zero attached hydrogens (tertiary/aromatic N) is 3. The van der Waals surface area contributed by atoms with Crippen LogP contribution >= 0.6 is 0 Å². The fourth-order valence-electron chi connectivity index (χ4n) is 1.91.